The molecule has 0 radical (unpaired) electrons. The average molecular weight is 446 g/mol. The summed E-state index contributed by atoms with van der Waals surface area (Å²) < 4.78 is 85.6. The van der Waals surface area contributed by atoms with Crippen molar-refractivity contribution >= 4 is 33.6 Å². The number of fused-ring (bicyclic) bond motifs is 3. The molecule has 3 heterocycles. The highest BCUT2D eigenvalue weighted by molar-refractivity contribution is 7.90. The summed E-state index contributed by atoms with van der Waals surface area (Å²) in [6.45, 7) is -0.00706. The lowest BCUT2D eigenvalue weighted by atomic mass is 9.95. The maximum absolute atomic E-state index is 14.4. The number of piperidine rings is 1. The van der Waals surface area contributed by atoms with Gasteiger partial charge in [-0.1, -0.05) is 0 Å². The van der Waals surface area contributed by atoms with Crippen molar-refractivity contribution in [3.8, 4) is 0 Å². The topological polar surface area (TPSA) is 82.1 Å². The first-order valence-corrected chi connectivity index (χ1v) is 11.0. The number of nitrogens with one attached hydrogen (secondary N) is 1. The van der Waals surface area contributed by atoms with Gasteiger partial charge >= 0.3 is 6.18 Å². The molecule has 5 rings (SSSR count). The zero-order valence-electron chi connectivity index (χ0n) is 15.6. The molecule has 1 aliphatic carbocycles. The molecular formula is C18H18F4N4O3S. The van der Waals surface area contributed by atoms with Gasteiger partial charge in [-0.2, -0.15) is 21.6 Å². The lowest BCUT2D eigenvalue weighted by Gasteiger charge is -2.36. The molecule has 30 heavy (non-hydrogen) atoms. The molecule has 3 atom stereocenters. The Morgan fingerprint density at radius 1 is 1.20 bits per heavy atom. The van der Waals surface area contributed by atoms with Gasteiger partial charge in [0.15, 0.2) is 0 Å². The Morgan fingerprint density at radius 3 is 2.57 bits per heavy atom. The first kappa shape index (κ1) is 19.6. The van der Waals surface area contributed by atoms with Gasteiger partial charge in [-0.05, 0) is 31.4 Å². The van der Waals surface area contributed by atoms with Crippen LogP contribution in [0.2, 0.25) is 0 Å². The van der Waals surface area contributed by atoms with Crippen LogP contribution < -0.4 is 10.2 Å². The molecule has 1 N–H and O–H groups in total. The number of rotatable bonds is 3. The van der Waals surface area contributed by atoms with Gasteiger partial charge in [-0.3, -0.25) is 4.79 Å². The number of carbonyl (C=O) groups is 1. The first-order valence-electron chi connectivity index (χ1n) is 9.58. The number of carbonyl (C=O) groups excluding carboxylic acids is 1. The van der Waals surface area contributed by atoms with Crippen LogP contribution in [0.1, 0.15) is 19.3 Å². The summed E-state index contributed by atoms with van der Waals surface area (Å²) in [7, 11) is -4.25. The van der Waals surface area contributed by atoms with Gasteiger partial charge in [0.25, 0.3) is 10.0 Å². The quantitative estimate of drug-likeness (QED) is 0.570. The number of hydrogen-bond acceptors (Lipinski definition) is 5. The second-order valence-corrected chi connectivity index (χ2v) is 9.82. The van der Waals surface area contributed by atoms with E-state index in [1.54, 1.807) is 0 Å². The fourth-order valence-electron chi connectivity index (χ4n) is 4.85. The van der Waals surface area contributed by atoms with Crippen molar-refractivity contribution in [2.45, 2.75) is 42.4 Å². The van der Waals surface area contributed by atoms with E-state index in [-0.39, 0.29) is 42.6 Å². The van der Waals surface area contributed by atoms with Crippen LogP contribution >= 0.6 is 0 Å². The van der Waals surface area contributed by atoms with E-state index in [0.717, 1.165) is 29.9 Å². The maximum atomic E-state index is 14.4. The summed E-state index contributed by atoms with van der Waals surface area (Å²) in [6.07, 6.45) is -2.51. The molecule has 1 aromatic carbocycles. The second kappa shape index (κ2) is 6.32. The van der Waals surface area contributed by atoms with Crippen LogP contribution in [0.3, 0.4) is 0 Å². The van der Waals surface area contributed by atoms with Crippen molar-refractivity contribution in [3.63, 3.8) is 0 Å². The Hall–Kier alpha value is -2.37. The molecule has 4 aliphatic rings. The number of hydrogen-bond donors (Lipinski definition) is 1. The van der Waals surface area contributed by atoms with Crippen LogP contribution in [-0.4, -0.2) is 56.9 Å². The predicted molar refractivity (Wildman–Crippen MR) is 99.2 cm³/mol. The Bertz CT molecular complexity index is 1050. The van der Waals surface area contributed by atoms with Crippen molar-refractivity contribution in [1.29, 1.82) is 0 Å². The molecule has 2 unspecified atom stereocenters. The smallest absolute Gasteiger partial charge is 0.353 e. The summed E-state index contributed by atoms with van der Waals surface area (Å²) >= 11 is 0. The van der Waals surface area contributed by atoms with E-state index in [4.69, 9.17) is 0 Å². The summed E-state index contributed by atoms with van der Waals surface area (Å²) in [5, 5.41) is 2.88. The lowest BCUT2D eigenvalue weighted by Crippen LogP contribution is -2.48. The fraction of sp³-hybridized carbons (Fsp3) is 0.556. The number of nitrogens with zero attached hydrogens (tertiary/aromatic N) is 3. The number of likely N-dealkylation sites (tertiary alicyclic amines) is 1. The third-order valence-electron chi connectivity index (χ3n) is 6.15. The normalized spacial score (nSPS) is 29.9. The zero-order valence-corrected chi connectivity index (χ0v) is 16.4. The minimum atomic E-state index is -4.64. The molecule has 1 amide bonds. The van der Waals surface area contributed by atoms with E-state index < -0.39 is 44.9 Å². The number of anilines is 2. The van der Waals surface area contributed by atoms with Crippen molar-refractivity contribution in [1.82, 2.24) is 4.90 Å². The summed E-state index contributed by atoms with van der Waals surface area (Å²) in [5.74, 6) is -1.78. The van der Waals surface area contributed by atoms with Crippen LogP contribution in [0.25, 0.3) is 0 Å². The van der Waals surface area contributed by atoms with Gasteiger partial charge in [0.05, 0.1) is 11.4 Å². The molecule has 0 spiro atoms. The first-order chi connectivity index (χ1) is 14.1. The highest BCUT2D eigenvalue weighted by atomic mass is 32.2. The molecule has 3 fully saturated rings. The monoisotopic (exact) mass is 446 g/mol. The summed E-state index contributed by atoms with van der Waals surface area (Å²) in [5.41, 5.74) is -0.239. The summed E-state index contributed by atoms with van der Waals surface area (Å²) in [4.78, 5) is 13.1. The minimum absolute atomic E-state index is 0.0498. The molecular weight excluding hydrogens is 428 g/mol. The highest BCUT2D eigenvalue weighted by Gasteiger charge is 2.58. The molecule has 2 bridgehead atoms. The van der Waals surface area contributed by atoms with Gasteiger partial charge in [-0.25, -0.2) is 4.39 Å². The number of sulfonamides is 1. The fourth-order valence-corrected chi connectivity index (χ4v) is 6.08. The molecule has 0 aromatic heterocycles. The van der Waals surface area contributed by atoms with Crippen molar-refractivity contribution in [3.05, 3.63) is 17.9 Å². The summed E-state index contributed by atoms with van der Waals surface area (Å²) in [6, 6.07) is -0.955. The van der Waals surface area contributed by atoms with E-state index in [1.807, 2.05) is 0 Å². The number of amidine groups is 1. The van der Waals surface area contributed by atoms with Crippen LogP contribution in [0.5, 0.6) is 0 Å². The van der Waals surface area contributed by atoms with Gasteiger partial charge in [0.2, 0.25) is 6.41 Å². The van der Waals surface area contributed by atoms with Crippen LogP contribution in [0.15, 0.2) is 21.4 Å². The average Bonchev–Trinajstić information content (AvgIpc) is 3.45. The third-order valence-corrected chi connectivity index (χ3v) is 7.47. The predicted octanol–water partition coefficient (Wildman–Crippen LogP) is 2.35. The molecule has 2 saturated heterocycles. The van der Waals surface area contributed by atoms with Crippen molar-refractivity contribution < 1.29 is 30.8 Å². The Morgan fingerprint density at radius 2 is 1.93 bits per heavy atom. The Balaban J connectivity index is 1.67. The molecule has 1 saturated carbocycles. The number of benzene rings is 1. The van der Waals surface area contributed by atoms with Gasteiger partial charge in [-0.15, -0.1) is 4.40 Å². The van der Waals surface area contributed by atoms with E-state index in [2.05, 4.69) is 9.71 Å². The molecule has 162 valence electrons. The second-order valence-electron chi connectivity index (χ2n) is 8.25. The van der Waals surface area contributed by atoms with Crippen molar-refractivity contribution in [2.75, 3.05) is 23.3 Å². The number of alkyl halides is 3. The van der Waals surface area contributed by atoms with Crippen LogP contribution in [0, 0.1) is 17.7 Å². The lowest BCUT2D eigenvalue weighted by molar-refractivity contribution is -0.155. The van der Waals surface area contributed by atoms with Crippen molar-refractivity contribution in [2.24, 2.45) is 16.2 Å². The zero-order chi connectivity index (χ0) is 21.4. The van der Waals surface area contributed by atoms with E-state index in [0.29, 0.717) is 6.41 Å². The SMILES string of the molecule is O=CN1CC2CC(C1)N(c1cc(F)cc3c1NC(C1CC1)=NS3(=O)=O)[C@@H]2C(F)(F)F. The van der Waals surface area contributed by atoms with E-state index in [9.17, 15) is 30.8 Å². The van der Waals surface area contributed by atoms with E-state index >= 15 is 0 Å². The molecule has 7 nitrogen and oxygen atoms in total. The largest absolute Gasteiger partial charge is 0.409 e. The van der Waals surface area contributed by atoms with Gasteiger partial charge in [0.1, 0.15) is 22.6 Å². The maximum Gasteiger partial charge on any atom is 0.409 e. The van der Waals surface area contributed by atoms with Crippen LogP contribution in [-0.2, 0) is 14.8 Å². The molecule has 1 aromatic rings. The Kier molecular flexibility index (Phi) is 4.12. The van der Waals surface area contributed by atoms with Gasteiger partial charge < -0.3 is 15.1 Å². The number of amides is 1. The van der Waals surface area contributed by atoms with E-state index in [1.165, 1.54) is 4.90 Å². The highest BCUT2D eigenvalue weighted by Crippen LogP contribution is 2.49. The molecule has 3 aliphatic heterocycles. The standard InChI is InChI=1S/C18H18F4N4O3S/c19-11-4-13(15-14(5-11)30(28,29)24-17(23-15)9-1-2-9)26-12-3-10(6-25(7-12)8-27)16(26)18(20,21)22/h4-5,8-10,12,16H,1-3,6-7H2,(H,23,24)/t10?,12?,16-/m0/s1. The van der Waals surface area contributed by atoms with Gasteiger partial charge in [0, 0.05) is 31.0 Å². The Labute approximate surface area is 169 Å². The van der Waals surface area contributed by atoms with Crippen LogP contribution in [0.4, 0.5) is 28.9 Å². The number of halogens is 4. The minimum Gasteiger partial charge on any atom is -0.353 e. The third kappa shape index (κ3) is 3.03. The molecule has 12 heteroatoms.